The van der Waals surface area contributed by atoms with Crippen molar-refractivity contribution in [2.75, 3.05) is 11.9 Å². The van der Waals surface area contributed by atoms with E-state index in [0.717, 1.165) is 24.5 Å². The minimum Gasteiger partial charge on any atom is -0.342 e. The number of hydrogen-bond donors (Lipinski definition) is 1. The van der Waals surface area contributed by atoms with E-state index in [9.17, 15) is 0 Å². The first-order valence-corrected chi connectivity index (χ1v) is 5.10. The fourth-order valence-corrected chi connectivity index (χ4v) is 1.49. The molecule has 1 aliphatic rings. The Kier molecular flexibility index (Phi) is 2.52. The van der Waals surface area contributed by atoms with E-state index in [0.29, 0.717) is 6.04 Å². The second-order valence-corrected chi connectivity index (χ2v) is 3.86. The zero-order valence-corrected chi connectivity index (χ0v) is 8.70. The van der Waals surface area contributed by atoms with Crippen LogP contribution in [0.15, 0.2) is 17.4 Å². The number of nitrogens with zero attached hydrogens (tertiary/aromatic N) is 3. The van der Waals surface area contributed by atoms with Gasteiger partial charge >= 0.3 is 0 Å². The summed E-state index contributed by atoms with van der Waals surface area (Å²) in [5.41, 5.74) is 1.04. The molecule has 76 valence electrons. The standard InChI is InChI=1S/C10H16N4/c1-8(2)14-7-9(6-12-14)13-10-4-3-5-11-10/h6-8H,3-5H2,1-2H3,(H,11,13). The molecule has 1 aromatic rings. The molecule has 0 aromatic carbocycles. The number of amidine groups is 1. The highest BCUT2D eigenvalue weighted by Gasteiger charge is 2.07. The van der Waals surface area contributed by atoms with E-state index in [1.54, 1.807) is 0 Å². The van der Waals surface area contributed by atoms with Crippen molar-refractivity contribution in [3.63, 3.8) is 0 Å². The Labute approximate surface area is 84.0 Å². The molecule has 1 aliphatic heterocycles. The van der Waals surface area contributed by atoms with Gasteiger partial charge in [-0.2, -0.15) is 5.10 Å². The van der Waals surface area contributed by atoms with Gasteiger partial charge in [-0.15, -0.1) is 0 Å². The highest BCUT2D eigenvalue weighted by atomic mass is 15.3. The third-order valence-corrected chi connectivity index (χ3v) is 2.29. The van der Waals surface area contributed by atoms with E-state index >= 15 is 0 Å². The van der Waals surface area contributed by atoms with Gasteiger partial charge in [0.15, 0.2) is 0 Å². The molecule has 0 bridgehead atoms. The maximum absolute atomic E-state index is 4.35. The fraction of sp³-hybridized carbons (Fsp3) is 0.600. The van der Waals surface area contributed by atoms with Gasteiger partial charge < -0.3 is 5.32 Å². The molecule has 0 atom stereocenters. The summed E-state index contributed by atoms with van der Waals surface area (Å²) in [6.07, 6.45) is 6.10. The average molecular weight is 192 g/mol. The molecule has 0 unspecified atom stereocenters. The van der Waals surface area contributed by atoms with Crippen molar-refractivity contribution in [2.45, 2.75) is 32.7 Å². The van der Waals surface area contributed by atoms with Gasteiger partial charge in [0.25, 0.3) is 0 Å². The van der Waals surface area contributed by atoms with Crippen molar-refractivity contribution in [1.29, 1.82) is 0 Å². The van der Waals surface area contributed by atoms with Crippen LogP contribution in [0, 0.1) is 0 Å². The molecular formula is C10H16N4. The average Bonchev–Trinajstić information content (AvgIpc) is 2.75. The third-order valence-electron chi connectivity index (χ3n) is 2.29. The van der Waals surface area contributed by atoms with Crippen LogP contribution in [-0.4, -0.2) is 22.2 Å². The van der Waals surface area contributed by atoms with Crippen LogP contribution in [0.2, 0.25) is 0 Å². The number of hydrogen-bond acceptors (Lipinski definition) is 3. The summed E-state index contributed by atoms with van der Waals surface area (Å²) in [6.45, 7) is 5.19. The molecule has 2 heterocycles. The number of rotatable bonds is 2. The molecule has 14 heavy (non-hydrogen) atoms. The van der Waals surface area contributed by atoms with Gasteiger partial charge in [-0.1, -0.05) is 0 Å². The van der Waals surface area contributed by atoms with Gasteiger partial charge in [0.2, 0.25) is 0 Å². The van der Waals surface area contributed by atoms with Crippen molar-refractivity contribution in [3.8, 4) is 0 Å². The Hall–Kier alpha value is -1.32. The number of aromatic nitrogens is 2. The van der Waals surface area contributed by atoms with Gasteiger partial charge in [-0.3, -0.25) is 9.67 Å². The second kappa shape index (κ2) is 3.82. The quantitative estimate of drug-likeness (QED) is 0.779. The van der Waals surface area contributed by atoms with Crippen molar-refractivity contribution in [3.05, 3.63) is 12.4 Å². The molecule has 0 amide bonds. The van der Waals surface area contributed by atoms with E-state index in [-0.39, 0.29) is 0 Å². The maximum Gasteiger partial charge on any atom is 0.101 e. The smallest absolute Gasteiger partial charge is 0.101 e. The molecule has 0 fully saturated rings. The lowest BCUT2D eigenvalue weighted by Crippen LogP contribution is -2.07. The molecule has 1 aromatic heterocycles. The monoisotopic (exact) mass is 192 g/mol. The van der Waals surface area contributed by atoms with Gasteiger partial charge in [0.1, 0.15) is 5.84 Å². The lowest BCUT2D eigenvalue weighted by atomic mass is 10.3. The highest BCUT2D eigenvalue weighted by Crippen LogP contribution is 2.12. The van der Waals surface area contributed by atoms with Crippen LogP contribution in [0.3, 0.4) is 0 Å². The summed E-state index contributed by atoms with van der Waals surface area (Å²) < 4.78 is 1.94. The molecule has 1 N–H and O–H groups in total. The lowest BCUT2D eigenvalue weighted by Gasteiger charge is -2.04. The van der Waals surface area contributed by atoms with Crippen molar-refractivity contribution < 1.29 is 0 Å². The predicted octanol–water partition coefficient (Wildman–Crippen LogP) is 2.07. The van der Waals surface area contributed by atoms with Crippen LogP contribution in [0.1, 0.15) is 32.7 Å². The molecule has 4 nitrogen and oxygen atoms in total. The van der Waals surface area contributed by atoms with Crippen LogP contribution in [0.25, 0.3) is 0 Å². The van der Waals surface area contributed by atoms with E-state index in [2.05, 4.69) is 29.3 Å². The maximum atomic E-state index is 4.35. The minimum atomic E-state index is 0.413. The topological polar surface area (TPSA) is 42.2 Å². The summed E-state index contributed by atoms with van der Waals surface area (Å²) >= 11 is 0. The van der Waals surface area contributed by atoms with E-state index in [1.807, 2.05) is 17.1 Å². The van der Waals surface area contributed by atoms with Crippen LogP contribution >= 0.6 is 0 Å². The molecule has 0 aliphatic carbocycles. The normalized spacial score (nSPS) is 16.1. The molecule has 4 heteroatoms. The summed E-state index contributed by atoms with van der Waals surface area (Å²) in [4.78, 5) is 4.35. The van der Waals surface area contributed by atoms with Crippen LogP contribution in [-0.2, 0) is 0 Å². The first-order chi connectivity index (χ1) is 6.75. The van der Waals surface area contributed by atoms with Crippen LogP contribution in [0.5, 0.6) is 0 Å². The zero-order chi connectivity index (χ0) is 9.97. The van der Waals surface area contributed by atoms with Crippen LogP contribution in [0.4, 0.5) is 5.69 Å². The number of anilines is 1. The minimum absolute atomic E-state index is 0.413. The van der Waals surface area contributed by atoms with Gasteiger partial charge in [-0.05, 0) is 20.3 Å². The molecule has 2 rings (SSSR count). The molecular weight excluding hydrogens is 176 g/mol. The van der Waals surface area contributed by atoms with E-state index < -0.39 is 0 Å². The Morgan fingerprint density at radius 2 is 2.36 bits per heavy atom. The number of nitrogens with one attached hydrogen (secondary N) is 1. The van der Waals surface area contributed by atoms with Crippen molar-refractivity contribution >= 4 is 11.5 Å². The molecule has 0 saturated carbocycles. The Bertz CT molecular complexity index is 338. The molecule has 0 spiro atoms. The van der Waals surface area contributed by atoms with E-state index in [4.69, 9.17) is 0 Å². The number of aliphatic imine (C=N–C) groups is 1. The SMILES string of the molecule is CC(C)n1cc(NC2=NCCC2)cn1. The summed E-state index contributed by atoms with van der Waals surface area (Å²) in [6, 6.07) is 0.413. The Morgan fingerprint density at radius 1 is 1.50 bits per heavy atom. The summed E-state index contributed by atoms with van der Waals surface area (Å²) in [5.74, 6) is 1.09. The predicted molar refractivity (Wildman–Crippen MR) is 57.8 cm³/mol. The van der Waals surface area contributed by atoms with Crippen LogP contribution < -0.4 is 5.32 Å². The van der Waals surface area contributed by atoms with Crippen molar-refractivity contribution in [1.82, 2.24) is 9.78 Å². The zero-order valence-electron chi connectivity index (χ0n) is 8.70. The molecule has 0 saturated heterocycles. The lowest BCUT2D eigenvalue weighted by molar-refractivity contribution is 0.532. The largest absolute Gasteiger partial charge is 0.342 e. The van der Waals surface area contributed by atoms with Gasteiger partial charge in [-0.25, -0.2) is 0 Å². The third kappa shape index (κ3) is 1.95. The Morgan fingerprint density at radius 3 is 2.93 bits per heavy atom. The molecule has 0 radical (unpaired) electrons. The Balaban J connectivity index is 2.02. The van der Waals surface area contributed by atoms with Crippen molar-refractivity contribution in [2.24, 2.45) is 4.99 Å². The second-order valence-electron chi connectivity index (χ2n) is 3.86. The van der Waals surface area contributed by atoms with Gasteiger partial charge in [0, 0.05) is 25.2 Å². The first kappa shape index (κ1) is 9.24. The first-order valence-electron chi connectivity index (χ1n) is 5.10. The van der Waals surface area contributed by atoms with E-state index in [1.165, 1.54) is 6.42 Å². The highest BCUT2D eigenvalue weighted by molar-refractivity contribution is 5.96. The summed E-state index contributed by atoms with van der Waals surface area (Å²) in [5, 5.41) is 7.54. The summed E-state index contributed by atoms with van der Waals surface area (Å²) in [7, 11) is 0. The fourth-order valence-electron chi connectivity index (χ4n) is 1.49. The van der Waals surface area contributed by atoms with Gasteiger partial charge in [0.05, 0.1) is 11.9 Å².